The SMILES string of the molecule is CNC(=O)N1CCN(c2cc(S(=O)NC3(CF)CC3)cn3c(-c4nnc(C(F)F)s4)nc(Cl)c23)CC1. The Balaban J connectivity index is 1.58. The molecule has 1 unspecified atom stereocenters. The zero-order valence-electron chi connectivity index (χ0n) is 19.0. The van der Waals surface area contributed by atoms with Crippen molar-refractivity contribution in [2.24, 2.45) is 0 Å². The van der Waals surface area contributed by atoms with Crippen LogP contribution in [0.2, 0.25) is 5.15 Å². The van der Waals surface area contributed by atoms with Crippen LogP contribution in [0.25, 0.3) is 16.3 Å². The van der Waals surface area contributed by atoms with Crippen LogP contribution in [0.4, 0.5) is 23.7 Å². The number of fused-ring (bicyclic) bond motifs is 1. The predicted octanol–water partition coefficient (Wildman–Crippen LogP) is 3.02. The lowest BCUT2D eigenvalue weighted by Gasteiger charge is -2.36. The molecule has 1 saturated carbocycles. The second-order valence-corrected chi connectivity index (χ2v) is 11.1. The summed E-state index contributed by atoms with van der Waals surface area (Å²) in [6.07, 6.45) is -0.0910. The fourth-order valence-electron chi connectivity index (χ4n) is 4.01. The van der Waals surface area contributed by atoms with Crippen molar-refractivity contribution in [1.29, 1.82) is 0 Å². The van der Waals surface area contributed by atoms with Crippen LogP contribution in [0.5, 0.6) is 0 Å². The van der Waals surface area contributed by atoms with E-state index in [0.29, 0.717) is 66.5 Å². The minimum atomic E-state index is -2.78. The maximum absolute atomic E-state index is 13.5. The first-order chi connectivity index (χ1) is 17.2. The monoisotopic (exact) mass is 562 g/mol. The minimum Gasteiger partial charge on any atom is -0.366 e. The van der Waals surface area contributed by atoms with E-state index in [1.807, 2.05) is 4.90 Å². The number of piperazine rings is 1. The van der Waals surface area contributed by atoms with Gasteiger partial charge in [-0.3, -0.25) is 4.40 Å². The van der Waals surface area contributed by atoms with Crippen molar-refractivity contribution < 1.29 is 22.2 Å². The average molecular weight is 563 g/mol. The molecule has 3 aromatic rings. The number of nitrogens with one attached hydrogen (secondary N) is 2. The first-order valence-electron chi connectivity index (χ1n) is 11.1. The molecule has 0 spiro atoms. The Kier molecular flexibility index (Phi) is 6.82. The first kappa shape index (κ1) is 25.2. The molecule has 1 saturated heterocycles. The summed E-state index contributed by atoms with van der Waals surface area (Å²) in [4.78, 5) is 20.4. The summed E-state index contributed by atoms with van der Waals surface area (Å²) in [5.74, 6) is 0.176. The Labute approximate surface area is 215 Å². The van der Waals surface area contributed by atoms with Crippen molar-refractivity contribution in [3.63, 3.8) is 0 Å². The largest absolute Gasteiger partial charge is 0.366 e. The molecule has 2 aliphatic rings. The number of halogens is 4. The molecule has 36 heavy (non-hydrogen) atoms. The molecule has 0 bridgehead atoms. The second-order valence-electron chi connectivity index (χ2n) is 8.57. The van der Waals surface area contributed by atoms with E-state index >= 15 is 0 Å². The van der Waals surface area contributed by atoms with Crippen LogP contribution in [0, 0.1) is 0 Å². The molecule has 2 N–H and O–H groups in total. The van der Waals surface area contributed by atoms with Crippen LogP contribution in [-0.2, 0) is 11.0 Å². The van der Waals surface area contributed by atoms with Crippen LogP contribution >= 0.6 is 22.9 Å². The van der Waals surface area contributed by atoms with Crippen molar-refractivity contribution in [2.75, 3.05) is 44.8 Å². The van der Waals surface area contributed by atoms with Crippen LogP contribution < -0.4 is 14.9 Å². The number of urea groups is 1. The number of hydrogen-bond acceptors (Lipinski definition) is 7. The van der Waals surface area contributed by atoms with Crippen molar-refractivity contribution in [2.45, 2.75) is 29.7 Å². The third-order valence-electron chi connectivity index (χ3n) is 6.22. The van der Waals surface area contributed by atoms with Gasteiger partial charge in [0.1, 0.15) is 23.2 Å². The van der Waals surface area contributed by atoms with Gasteiger partial charge in [-0.05, 0) is 18.9 Å². The number of pyridine rings is 1. The molecule has 4 heterocycles. The maximum Gasteiger partial charge on any atom is 0.317 e. The highest BCUT2D eigenvalue weighted by atomic mass is 35.5. The molecule has 16 heteroatoms. The van der Waals surface area contributed by atoms with E-state index in [1.54, 1.807) is 22.4 Å². The van der Waals surface area contributed by atoms with Gasteiger partial charge in [-0.15, -0.1) is 10.2 Å². The molecule has 2 amide bonds. The Morgan fingerprint density at radius 1 is 1.28 bits per heavy atom. The number of alkyl halides is 3. The highest BCUT2D eigenvalue weighted by Crippen LogP contribution is 2.39. The van der Waals surface area contributed by atoms with Crippen LogP contribution in [-0.4, -0.2) is 80.2 Å². The Bertz CT molecular complexity index is 1320. The molecule has 1 aliphatic heterocycles. The smallest absolute Gasteiger partial charge is 0.317 e. The molecule has 1 aliphatic carbocycles. The molecule has 3 aromatic heterocycles. The molecular weight excluding hydrogens is 541 g/mol. The number of aromatic nitrogens is 4. The van der Waals surface area contributed by atoms with Gasteiger partial charge >= 0.3 is 6.03 Å². The molecular formula is C20H22ClF3N8O2S2. The number of nitrogens with zero attached hydrogens (tertiary/aromatic N) is 6. The predicted molar refractivity (Wildman–Crippen MR) is 130 cm³/mol. The van der Waals surface area contributed by atoms with E-state index in [4.69, 9.17) is 11.6 Å². The first-order valence-corrected chi connectivity index (χ1v) is 13.4. The topological polar surface area (TPSA) is 108 Å². The van der Waals surface area contributed by atoms with Crippen LogP contribution in [0.3, 0.4) is 0 Å². The lowest BCUT2D eigenvalue weighted by Crippen LogP contribution is -2.51. The Hall–Kier alpha value is -2.49. The molecule has 0 aromatic carbocycles. The standard InChI is InChI=1S/C20H22ClF3N8O2S2/c1-25-19(33)31-6-4-30(5-7-31)12-8-11(36(34)29-20(10-22)2-3-20)9-32-13(12)14(21)26-16(32)18-28-27-17(35-18)15(23)24/h8-9,15,29H,2-7,10H2,1H3,(H,25,33). The highest BCUT2D eigenvalue weighted by molar-refractivity contribution is 7.83. The normalized spacial score (nSPS) is 18.2. The summed E-state index contributed by atoms with van der Waals surface area (Å²) in [6.45, 7) is 1.17. The summed E-state index contributed by atoms with van der Waals surface area (Å²) in [5.41, 5.74) is 0.271. The molecule has 0 radical (unpaired) electrons. The van der Waals surface area contributed by atoms with Gasteiger partial charge in [0.25, 0.3) is 6.43 Å². The molecule has 2 fully saturated rings. The molecule has 5 rings (SSSR count). The van der Waals surface area contributed by atoms with Crippen molar-refractivity contribution in [3.8, 4) is 10.8 Å². The van der Waals surface area contributed by atoms with E-state index in [-0.39, 0.29) is 22.0 Å². The molecule has 194 valence electrons. The van der Waals surface area contributed by atoms with E-state index in [2.05, 4.69) is 25.2 Å². The number of carbonyl (C=O) groups excluding carboxylic acids is 1. The highest BCUT2D eigenvalue weighted by Gasteiger charge is 2.44. The quantitative estimate of drug-likeness (QED) is 0.458. The van der Waals surface area contributed by atoms with Crippen molar-refractivity contribution in [1.82, 2.24) is 34.5 Å². The summed E-state index contributed by atoms with van der Waals surface area (Å²) < 4.78 is 57.4. The number of carbonyl (C=O) groups is 1. The fraction of sp³-hybridized carbons (Fsp3) is 0.500. The maximum atomic E-state index is 13.5. The van der Waals surface area contributed by atoms with Gasteiger partial charge < -0.3 is 15.1 Å². The number of amides is 2. The second kappa shape index (κ2) is 9.76. The Morgan fingerprint density at radius 3 is 2.58 bits per heavy atom. The third kappa shape index (κ3) is 4.64. The van der Waals surface area contributed by atoms with Gasteiger partial charge in [0.15, 0.2) is 21.0 Å². The lowest BCUT2D eigenvalue weighted by molar-refractivity contribution is 0.150. The van der Waals surface area contributed by atoms with Gasteiger partial charge in [-0.1, -0.05) is 22.9 Å². The lowest BCUT2D eigenvalue weighted by atomic mass is 10.2. The van der Waals surface area contributed by atoms with Crippen LogP contribution in [0.1, 0.15) is 24.3 Å². The van der Waals surface area contributed by atoms with E-state index in [1.165, 1.54) is 6.20 Å². The third-order valence-corrected chi connectivity index (χ3v) is 8.68. The van der Waals surface area contributed by atoms with Gasteiger partial charge in [0.2, 0.25) is 0 Å². The van der Waals surface area contributed by atoms with Gasteiger partial charge in [-0.2, -0.15) is 0 Å². The minimum absolute atomic E-state index is 0.107. The number of hydrogen-bond donors (Lipinski definition) is 2. The molecule has 1 atom stereocenters. The van der Waals surface area contributed by atoms with E-state index < -0.39 is 34.6 Å². The van der Waals surface area contributed by atoms with Gasteiger partial charge in [0.05, 0.1) is 16.1 Å². The van der Waals surface area contributed by atoms with Gasteiger partial charge in [0, 0.05) is 39.4 Å². The summed E-state index contributed by atoms with van der Waals surface area (Å²) in [6, 6.07) is 1.51. The Morgan fingerprint density at radius 2 is 2.00 bits per heavy atom. The van der Waals surface area contributed by atoms with E-state index in [9.17, 15) is 22.2 Å². The number of imidazole rings is 1. The molecule has 10 nitrogen and oxygen atoms in total. The zero-order valence-corrected chi connectivity index (χ0v) is 21.4. The number of rotatable bonds is 7. The number of anilines is 1. The van der Waals surface area contributed by atoms with Crippen molar-refractivity contribution in [3.05, 3.63) is 22.4 Å². The average Bonchev–Trinajstić information content (AvgIpc) is 3.32. The summed E-state index contributed by atoms with van der Waals surface area (Å²) >= 11 is 7.22. The zero-order chi connectivity index (χ0) is 25.6. The summed E-state index contributed by atoms with van der Waals surface area (Å²) in [5, 5.41) is 9.77. The fourth-order valence-corrected chi connectivity index (χ4v) is 6.16. The van der Waals surface area contributed by atoms with Crippen molar-refractivity contribution >= 4 is 51.2 Å². The van der Waals surface area contributed by atoms with E-state index in [0.717, 1.165) is 0 Å². The van der Waals surface area contributed by atoms with Crippen LogP contribution in [0.15, 0.2) is 17.2 Å². The van der Waals surface area contributed by atoms with Gasteiger partial charge in [-0.25, -0.2) is 31.9 Å². The summed E-state index contributed by atoms with van der Waals surface area (Å²) in [7, 11) is -0.206.